The zero-order valence-corrected chi connectivity index (χ0v) is 16.5. The number of carbonyl (C=O) groups is 1. The van der Waals surface area contributed by atoms with Crippen molar-refractivity contribution in [2.45, 2.75) is 19.9 Å². The normalized spacial score (nSPS) is 11.0. The van der Waals surface area contributed by atoms with Crippen LogP contribution in [0.15, 0.2) is 71.7 Å². The second-order valence-corrected chi connectivity index (χ2v) is 7.04. The van der Waals surface area contributed by atoms with E-state index in [1.807, 2.05) is 35.9 Å². The molecule has 0 aliphatic rings. The van der Waals surface area contributed by atoms with Gasteiger partial charge in [0.15, 0.2) is 0 Å². The van der Waals surface area contributed by atoms with Gasteiger partial charge in [0.1, 0.15) is 5.82 Å². The number of pyridine rings is 1. The van der Waals surface area contributed by atoms with Gasteiger partial charge < -0.3 is 5.32 Å². The number of nitrogens with one attached hydrogen (secondary N) is 1. The Hall–Kier alpha value is -3.74. The summed E-state index contributed by atoms with van der Waals surface area (Å²) in [7, 11) is 0. The average molecular weight is 404 g/mol. The van der Waals surface area contributed by atoms with E-state index in [-0.39, 0.29) is 17.3 Å². The standard InChI is InChI=1S/C23H21FN4O2/c1-16-20-5-2-3-6-21(20)28(26-16)14-4-13-25-23(30)17-7-12-22(29)27(15-17)19-10-8-18(24)9-11-19/h2-3,5-12,15H,4,13-14H2,1H3,(H,25,30). The number of halogens is 1. The molecule has 30 heavy (non-hydrogen) atoms. The molecule has 7 heteroatoms. The van der Waals surface area contributed by atoms with Gasteiger partial charge in [0.05, 0.1) is 16.8 Å². The number of nitrogens with zero attached hydrogens (tertiary/aromatic N) is 3. The summed E-state index contributed by atoms with van der Waals surface area (Å²) >= 11 is 0. The Morgan fingerprint density at radius 3 is 2.63 bits per heavy atom. The van der Waals surface area contributed by atoms with E-state index in [1.54, 1.807) is 0 Å². The third-order valence-corrected chi connectivity index (χ3v) is 4.95. The molecule has 0 atom stereocenters. The molecule has 0 saturated carbocycles. The van der Waals surface area contributed by atoms with Crippen molar-refractivity contribution in [1.82, 2.24) is 19.7 Å². The van der Waals surface area contributed by atoms with Crippen LogP contribution in [0.5, 0.6) is 0 Å². The van der Waals surface area contributed by atoms with Crippen molar-refractivity contribution < 1.29 is 9.18 Å². The molecule has 0 unspecified atom stereocenters. The second kappa shape index (κ2) is 8.32. The summed E-state index contributed by atoms with van der Waals surface area (Å²) in [5, 5.41) is 8.57. The van der Waals surface area contributed by atoms with Crippen molar-refractivity contribution in [3.05, 3.63) is 94.3 Å². The number of rotatable bonds is 6. The van der Waals surface area contributed by atoms with Crippen molar-refractivity contribution in [3.8, 4) is 5.69 Å². The molecular formula is C23H21FN4O2. The molecule has 4 aromatic rings. The first-order valence-electron chi connectivity index (χ1n) is 9.72. The minimum atomic E-state index is -0.388. The van der Waals surface area contributed by atoms with Crippen LogP contribution in [0, 0.1) is 12.7 Å². The van der Waals surface area contributed by atoms with Gasteiger partial charge in [-0.05, 0) is 49.7 Å². The quantitative estimate of drug-likeness (QED) is 0.501. The highest BCUT2D eigenvalue weighted by molar-refractivity contribution is 5.93. The number of aryl methyl sites for hydroxylation is 2. The number of hydrogen-bond acceptors (Lipinski definition) is 3. The molecular weight excluding hydrogens is 383 g/mol. The van der Waals surface area contributed by atoms with Gasteiger partial charge >= 0.3 is 0 Å². The van der Waals surface area contributed by atoms with E-state index >= 15 is 0 Å². The molecule has 2 heterocycles. The second-order valence-electron chi connectivity index (χ2n) is 7.04. The first-order valence-corrected chi connectivity index (χ1v) is 9.72. The fourth-order valence-corrected chi connectivity index (χ4v) is 3.42. The lowest BCUT2D eigenvalue weighted by Gasteiger charge is -2.09. The fourth-order valence-electron chi connectivity index (χ4n) is 3.42. The highest BCUT2D eigenvalue weighted by Gasteiger charge is 2.10. The lowest BCUT2D eigenvalue weighted by atomic mass is 10.2. The van der Waals surface area contributed by atoms with Crippen molar-refractivity contribution in [1.29, 1.82) is 0 Å². The molecule has 0 aliphatic carbocycles. The number of benzene rings is 2. The summed E-state index contributed by atoms with van der Waals surface area (Å²) in [6, 6.07) is 16.4. The van der Waals surface area contributed by atoms with Crippen LogP contribution in [0.2, 0.25) is 0 Å². The van der Waals surface area contributed by atoms with Gasteiger partial charge in [-0.1, -0.05) is 18.2 Å². The Bertz CT molecular complexity index is 1260. The van der Waals surface area contributed by atoms with E-state index in [0.717, 1.165) is 16.6 Å². The maximum Gasteiger partial charge on any atom is 0.255 e. The molecule has 4 rings (SSSR count). The summed E-state index contributed by atoms with van der Waals surface area (Å²) in [5.41, 5.74) is 2.63. The minimum Gasteiger partial charge on any atom is -0.352 e. The number of amides is 1. The fraction of sp³-hybridized carbons (Fsp3) is 0.174. The molecule has 0 fully saturated rings. The lowest BCUT2D eigenvalue weighted by Crippen LogP contribution is -2.27. The van der Waals surface area contributed by atoms with Crippen molar-refractivity contribution in [2.75, 3.05) is 6.54 Å². The van der Waals surface area contributed by atoms with Gasteiger partial charge in [0.25, 0.3) is 11.5 Å². The summed E-state index contributed by atoms with van der Waals surface area (Å²) in [6.07, 6.45) is 2.18. The van der Waals surface area contributed by atoms with Crippen LogP contribution in [0.25, 0.3) is 16.6 Å². The van der Waals surface area contributed by atoms with Gasteiger partial charge in [0, 0.05) is 36.4 Å². The van der Waals surface area contributed by atoms with E-state index in [2.05, 4.69) is 10.4 Å². The maximum atomic E-state index is 13.1. The number of aromatic nitrogens is 3. The molecule has 1 N–H and O–H groups in total. The Labute approximate surface area is 172 Å². The van der Waals surface area contributed by atoms with Crippen molar-refractivity contribution in [3.63, 3.8) is 0 Å². The molecule has 152 valence electrons. The average Bonchev–Trinajstić information content (AvgIpc) is 3.08. The van der Waals surface area contributed by atoms with Crippen LogP contribution in [-0.2, 0) is 6.54 Å². The zero-order chi connectivity index (χ0) is 21.1. The zero-order valence-electron chi connectivity index (χ0n) is 16.5. The number of carbonyl (C=O) groups excluding carboxylic acids is 1. The minimum absolute atomic E-state index is 0.271. The van der Waals surface area contributed by atoms with Crippen LogP contribution in [0.4, 0.5) is 4.39 Å². The first kappa shape index (κ1) is 19.6. The first-order chi connectivity index (χ1) is 14.5. The van der Waals surface area contributed by atoms with E-state index < -0.39 is 0 Å². The summed E-state index contributed by atoms with van der Waals surface area (Å²) in [4.78, 5) is 24.6. The smallest absolute Gasteiger partial charge is 0.255 e. The number of hydrogen-bond donors (Lipinski definition) is 1. The van der Waals surface area contributed by atoms with E-state index in [0.29, 0.717) is 30.8 Å². The number of para-hydroxylation sites is 1. The highest BCUT2D eigenvalue weighted by Crippen LogP contribution is 2.17. The summed E-state index contributed by atoms with van der Waals surface area (Å²) in [5.74, 6) is -0.659. The molecule has 0 radical (unpaired) electrons. The summed E-state index contributed by atoms with van der Waals surface area (Å²) < 4.78 is 16.4. The lowest BCUT2D eigenvalue weighted by molar-refractivity contribution is 0.0952. The Morgan fingerprint density at radius 1 is 1.07 bits per heavy atom. The predicted molar refractivity (Wildman–Crippen MR) is 113 cm³/mol. The van der Waals surface area contributed by atoms with Crippen LogP contribution in [0.3, 0.4) is 0 Å². The molecule has 2 aromatic heterocycles. The van der Waals surface area contributed by atoms with Crippen LogP contribution in [-0.4, -0.2) is 26.8 Å². The van der Waals surface area contributed by atoms with E-state index in [9.17, 15) is 14.0 Å². The van der Waals surface area contributed by atoms with Gasteiger partial charge in [-0.2, -0.15) is 5.10 Å². The molecule has 2 aromatic carbocycles. The number of fused-ring (bicyclic) bond motifs is 1. The van der Waals surface area contributed by atoms with Gasteiger partial charge in [-0.15, -0.1) is 0 Å². The molecule has 0 spiro atoms. The largest absolute Gasteiger partial charge is 0.352 e. The summed E-state index contributed by atoms with van der Waals surface area (Å²) in [6.45, 7) is 3.14. The van der Waals surface area contributed by atoms with E-state index in [4.69, 9.17) is 0 Å². The maximum absolute atomic E-state index is 13.1. The highest BCUT2D eigenvalue weighted by atomic mass is 19.1. The third kappa shape index (κ3) is 4.00. The third-order valence-electron chi connectivity index (χ3n) is 4.95. The predicted octanol–water partition coefficient (Wildman–Crippen LogP) is 3.45. The van der Waals surface area contributed by atoms with Crippen molar-refractivity contribution >= 4 is 16.8 Å². The monoisotopic (exact) mass is 404 g/mol. The van der Waals surface area contributed by atoms with Gasteiger partial charge in [-0.3, -0.25) is 18.8 Å². The molecule has 1 amide bonds. The van der Waals surface area contributed by atoms with E-state index in [1.165, 1.54) is 47.2 Å². The van der Waals surface area contributed by atoms with Gasteiger partial charge in [0.2, 0.25) is 0 Å². The molecule has 0 bridgehead atoms. The van der Waals surface area contributed by atoms with Gasteiger partial charge in [-0.25, -0.2) is 4.39 Å². The Kier molecular flexibility index (Phi) is 5.43. The van der Waals surface area contributed by atoms with Crippen molar-refractivity contribution in [2.24, 2.45) is 0 Å². The van der Waals surface area contributed by atoms with Crippen LogP contribution >= 0.6 is 0 Å². The Morgan fingerprint density at radius 2 is 1.83 bits per heavy atom. The molecule has 0 saturated heterocycles. The van der Waals surface area contributed by atoms with Crippen LogP contribution < -0.4 is 10.9 Å². The topological polar surface area (TPSA) is 68.9 Å². The Balaban J connectivity index is 1.40. The van der Waals surface area contributed by atoms with Crippen LogP contribution in [0.1, 0.15) is 22.5 Å². The molecule has 6 nitrogen and oxygen atoms in total. The molecule has 0 aliphatic heterocycles. The SMILES string of the molecule is Cc1nn(CCCNC(=O)c2ccc(=O)n(-c3ccc(F)cc3)c2)c2ccccc12.